The Hall–Kier alpha value is -0.0800. The standard InChI is InChI=1S/C13H27NO/c1-3-4-12(7-8-15)10-14-13-6-5-11(2)9-13/h11-15H,3-10H2,1-2H3. The van der Waals surface area contributed by atoms with Crippen molar-refractivity contribution >= 4 is 0 Å². The van der Waals surface area contributed by atoms with Gasteiger partial charge in [0.2, 0.25) is 0 Å². The maximum absolute atomic E-state index is 8.97. The van der Waals surface area contributed by atoms with Gasteiger partial charge in [-0.2, -0.15) is 0 Å². The van der Waals surface area contributed by atoms with Crippen molar-refractivity contribution in [2.45, 2.75) is 58.4 Å². The van der Waals surface area contributed by atoms with E-state index >= 15 is 0 Å². The van der Waals surface area contributed by atoms with Gasteiger partial charge in [0.15, 0.2) is 0 Å². The topological polar surface area (TPSA) is 32.3 Å². The van der Waals surface area contributed by atoms with E-state index in [1.807, 2.05) is 0 Å². The van der Waals surface area contributed by atoms with Crippen molar-refractivity contribution in [1.29, 1.82) is 0 Å². The second-order valence-electron chi connectivity index (χ2n) is 5.19. The van der Waals surface area contributed by atoms with Crippen molar-refractivity contribution in [1.82, 2.24) is 5.32 Å². The van der Waals surface area contributed by atoms with Crippen molar-refractivity contribution in [3.05, 3.63) is 0 Å². The zero-order valence-corrected chi connectivity index (χ0v) is 10.3. The van der Waals surface area contributed by atoms with Crippen molar-refractivity contribution in [2.24, 2.45) is 11.8 Å². The second-order valence-corrected chi connectivity index (χ2v) is 5.19. The molecule has 0 saturated heterocycles. The molecule has 0 heterocycles. The summed E-state index contributed by atoms with van der Waals surface area (Å²) in [5, 5.41) is 12.6. The molecule has 15 heavy (non-hydrogen) atoms. The Morgan fingerprint density at radius 1 is 1.33 bits per heavy atom. The minimum atomic E-state index is 0.341. The van der Waals surface area contributed by atoms with Crippen LogP contribution in [0.1, 0.15) is 52.4 Å². The molecule has 3 atom stereocenters. The van der Waals surface area contributed by atoms with Crippen LogP contribution >= 0.6 is 0 Å². The Morgan fingerprint density at radius 3 is 2.67 bits per heavy atom. The molecule has 1 aliphatic carbocycles. The minimum absolute atomic E-state index is 0.341. The zero-order chi connectivity index (χ0) is 11.1. The van der Waals surface area contributed by atoms with Gasteiger partial charge in [0.25, 0.3) is 0 Å². The van der Waals surface area contributed by atoms with Crippen LogP contribution in [0.5, 0.6) is 0 Å². The summed E-state index contributed by atoms with van der Waals surface area (Å²) >= 11 is 0. The highest BCUT2D eigenvalue weighted by molar-refractivity contribution is 4.79. The lowest BCUT2D eigenvalue weighted by atomic mass is 9.99. The third kappa shape index (κ3) is 4.98. The van der Waals surface area contributed by atoms with E-state index in [-0.39, 0.29) is 0 Å². The maximum atomic E-state index is 8.97. The van der Waals surface area contributed by atoms with E-state index in [1.54, 1.807) is 0 Å². The molecule has 0 amide bonds. The van der Waals surface area contributed by atoms with Crippen LogP contribution in [0.3, 0.4) is 0 Å². The number of hydrogen-bond donors (Lipinski definition) is 2. The first kappa shape index (κ1) is 13.0. The van der Waals surface area contributed by atoms with E-state index in [0.717, 1.165) is 24.9 Å². The molecule has 1 saturated carbocycles. The molecule has 1 rings (SSSR count). The molecule has 2 nitrogen and oxygen atoms in total. The molecule has 2 N–H and O–H groups in total. The summed E-state index contributed by atoms with van der Waals surface area (Å²) in [4.78, 5) is 0. The fraction of sp³-hybridized carbons (Fsp3) is 1.00. The SMILES string of the molecule is CCCC(CCO)CNC1CCC(C)C1. The van der Waals surface area contributed by atoms with Gasteiger partial charge in [-0.15, -0.1) is 0 Å². The summed E-state index contributed by atoms with van der Waals surface area (Å²) in [6.07, 6.45) is 7.51. The van der Waals surface area contributed by atoms with Crippen molar-refractivity contribution in [3.63, 3.8) is 0 Å². The predicted molar refractivity (Wildman–Crippen MR) is 64.9 cm³/mol. The Balaban J connectivity index is 2.15. The summed E-state index contributed by atoms with van der Waals surface area (Å²) in [6, 6.07) is 0.748. The molecule has 2 heteroatoms. The van der Waals surface area contributed by atoms with Gasteiger partial charge >= 0.3 is 0 Å². The molecule has 0 aromatic heterocycles. The molecule has 90 valence electrons. The molecule has 1 aliphatic rings. The molecule has 0 aromatic rings. The van der Waals surface area contributed by atoms with Crippen LogP contribution < -0.4 is 5.32 Å². The second kappa shape index (κ2) is 7.24. The minimum Gasteiger partial charge on any atom is -0.396 e. The Morgan fingerprint density at radius 2 is 2.13 bits per heavy atom. The predicted octanol–water partition coefficient (Wildman–Crippen LogP) is 2.56. The first-order valence-corrected chi connectivity index (χ1v) is 6.60. The third-order valence-electron chi connectivity index (χ3n) is 3.62. The van der Waals surface area contributed by atoms with E-state index in [4.69, 9.17) is 5.11 Å². The van der Waals surface area contributed by atoms with Gasteiger partial charge in [-0.3, -0.25) is 0 Å². The van der Waals surface area contributed by atoms with Crippen LogP contribution in [0.2, 0.25) is 0 Å². The van der Waals surface area contributed by atoms with Gasteiger partial charge < -0.3 is 10.4 Å². The zero-order valence-electron chi connectivity index (χ0n) is 10.3. The van der Waals surface area contributed by atoms with Gasteiger partial charge in [0, 0.05) is 12.6 Å². The maximum Gasteiger partial charge on any atom is 0.0434 e. The number of aliphatic hydroxyl groups is 1. The molecule has 0 bridgehead atoms. The Bertz CT molecular complexity index is 155. The number of rotatable bonds is 7. The average Bonchev–Trinajstić information content (AvgIpc) is 2.61. The van der Waals surface area contributed by atoms with Crippen LogP contribution in [0, 0.1) is 11.8 Å². The fourth-order valence-corrected chi connectivity index (χ4v) is 2.67. The Labute approximate surface area is 94.5 Å². The smallest absolute Gasteiger partial charge is 0.0434 e. The molecule has 0 aromatic carbocycles. The highest BCUT2D eigenvalue weighted by atomic mass is 16.3. The summed E-state index contributed by atoms with van der Waals surface area (Å²) in [7, 11) is 0. The molecule has 3 unspecified atom stereocenters. The lowest BCUT2D eigenvalue weighted by molar-refractivity contribution is 0.245. The quantitative estimate of drug-likeness (QED) is 0.681. The largest absolute Gasteiger partial charge is 0.396 e. The summed E-state index contributed by atoms with van der Waals surface area (Å²) < 4.78 is 0. The summed E-state index contributed by atoms with van der Waals surface area (Å²) in [6.45, 7) is 6.01. The van der Waals surface area contributed by atoms with E-state index in [0.29, 0.717) is 12.5 Å². The molecule has 1 fully saturated rings. The Kier molecular flexibility index (Phi) is 6.26. The normalized spacial score (nSPS) is 28.2. The monoisotopic (exact) mass is 213 g/mol. The van der Waals surface area contributed by atoms with Gasteiger partial charge in [-0.1, -0.05) is 20.3 Å². The highest BCUT2D eigenvalue weighted by Crippen LogP contribution is 2.24. The average molecular weight is 213 g/mol. The number of nitrogens with one attached hydrogen (secondary N) is 1. The molecular formula is C13H27NO. The fourth-order valence-electron chi connectivity index (χ4n) is 2.67. The van der Waals surface area contributed by atoms with Gasteiger partial charge in [-0.05, 0) is 50.5 Å². The van der Waals surface area contributed by atoms with E-state index < -0.39 is 0 Å². The number of hydrogen-bond acceptors (Lipinski definition) is 2. The van der Waals surface area contributed by atoms with E-state index in [1.165, 1.54) is 32.1 Å². The van der Waals surface area contributed by atoms with Crippen LogP contribution in [0.25, 0.3) is 0 Å². The summed E-state index contributed by atoms with van der Waals surface area (Å²) in [5.74, 6) is 1.58. The first-order valence-electron chi connectivity index (χ1n) is 6.60. The van der Waals surface area contributed by atoms with Crippen LogP contribution in [-0.4, -0.2) is 24.3 Å². The third-order valence-corrected chi connectivity index (χ3v) is 3.62. The van der Waals surface area contributed by atoms with Crippen molar-refractivity contribution in [2.75, 3.05) is 13.2 Å². The molecule has 0 spiro atoms. The van der Waals surface area contributed by atoms with E-state index in [9.17, 15) is 0 Å². The van der Waals surface area contributed by atoms with Crippen LogP contribution in [-0.2, 0) is 0 Å². The lowest BCUT2D eigenvalue weighted by Gasteiger charge is -2.19. The number of aliphatic hydroxyl groups excluding tert-OH is 1. The van der Waals surface area contributed by atoms with Crippen molar-refractivity contribution in [3.8, 4) is 0 Å². The molecular weight excluding hydrogens is 186 g/mol. The first-order chi connectivity index (χ1) is 7.26. The van der Waals surface area contributed by atoms with E-state index in [2.05, 4.69) is 19.2 Å². The molecule has 0 radical (unpaired) electrons. The molecule has 0 aliphatic heterocycles. The van der Waals surface area contributed by atoms with Gasteiger partial charge in [-0.25, -0.2) is 0 Å². The highest BCUT2D eigenvalue weighted by Gasteiger charge is 2.21. The summed E-state index contributed by atoms with van der Waals surface area (Å²) in [5.41, 5.74) is 0. The van der Waals surface area contributed by atoms with Crippen molar-refractivity contribution < 1.29 is 5.11 Å². The lowest BCUT2D eigenvalue weighted by Crippen LogP contribution is -2.32. The van der Waals surface area contributed by atoms with Crippen LogP contribution in [0.15, 0.2) is 0 Å². The van der Waals surface area contributed by atoms with Crippen LogP contribution in [0.4, 0.5) is 0 Å². The van der Waals surface area contributed by atoms with Gasteiger partial charge in [0.1, 0.15) is 0 Å². The van der Waals surface area contributed by atoms with Gasteiger partial charge in [0.05, 0.1) is 0 Å².